The Balaban J connectivity index is 3.24. The maximum atomic E-state index is 10.8. The normalized spacial score (nSPS) is 12.2. The number of hydrogen-bond donors (Lipinski definition) is 2. The van der Waals surface area contributed by atoms with Gasteiger partial charge in [-0.15, -0.1) is 0 Å². The number of carboxylic acid groups (broad SMARTS) is 1. The Morgan fingerprint density at radius 1 is 1.53 bits per heavy atom. The fourth-order valence-electron chi connectivity index (χ4n) is 1.19. The summed E-state index contributed by atoms with van der Waals surface area (Å²) in [6.07, 6.45) is 0. The molecule has 0 fully saturated rings. The van der Waals surface area contributed by atoms with Gasteiger partial charge in [-0.25, -0.2) is 0 Å². The second-order valence-corrected chi connectivity index (χ2v) is 3.96. The first-order chi connectivity index (χ1) is 6.97. The summed E-state index contributed by atoms with van der Waals surface area (Å²) in [4.78, 5) is 10.8. The minimum absolute atomic E-state index is 0.0225. The van der Waals surface area contributed by atoms with Crippen molar-refractivity contribution >= 4 is 21.9 Å². The third-order valence-corrected chi connectivity index (χ3v) is 2.82. The van der Waals surface area contributed by atoms with Crippen LogP contribution in [0.5, 0.6) is 11.5 Å². The van der Waals surface area contributed by atoms with Gasteiger partial charge < -0.3 is 14.9 Å². The van der Waals surface area contributed by atoms with Crippen LogP contribution in [0.2, 0.25) is 0 Å². The fourth-order valence-corrected chi connectivity index (χ4v) is 1.86. The van der Waals surface area contributed by atoms with Gasteiger partial charge in [0.2, 0.25) is 0 Å². The predicted molar refractivity (Wildman–Crippen MR) is 58.4 cm³/mol. The summed E-state index contributed by atoms with van der Waals surface area (Å²) >= 11 is 3.20. The number of aliphatic carboxylic acids is 1. The van der Waals surface area contributed by atoms with Crippen molar-refractivity contribution in [1.82, 2.24) is 0 Å². The number of phenolic OH excluding ortho intramolecular Hbond substituents is 1. The second-order valence-electron chi connectivity index (χ2n) is 3.11. The van der Waals surface area contributed by atoms with Crippen molar-refractivity contribution in [3.8, 4) is 11.5 Å². The zero-order valence-electron chi connectivity index (χ0n) is 8.32. The van der Waals surface area contributed by atoms with Gasteiger partial charge in [-0.2, -0.15) is 0 Å². The number of halogens is 1. The molecule has 0 amide bonds. The molecule has 0 saturated carbocycles. The molecular formula is C10H11BrO4. The van der Waals surface area contributed by atoms with Crippen LogP contribution in [0.1, 0.15) is 18.4 Å². The van der Waals surface area contributed by atoms with E-state index in [-0.39, 0.29) is 11.5 Å². The Kier molecular flexibility index (Phi) is 3.57. The molecule has 2 N–H and O–H groups in total. The highest BCUT2D eigenvalue weighted by Gasteiger charge is 2.19. The van der Waals surface area contributed by atoms with Gasteiger partial charge in [0, 0.05) is 4.47 Å². The zero-order valence-corrected chi connectivity index (χ0v) is 9.91. The van der Waals surface area contributed by atoms with Gasteiger partial charge in [0.1, 0.15) is 0 Å². The maximum Gasteiger partial charge on any atom is 0.310 e. The lowest BCUT2D eigenvalue weighted by atomic mass is 10.0. The minimum atomic E-state index is -0.927. The molecule has 1 aromatic rings. The third-order valence-electron chi connectivity index (χ3n) is 2.14. The Morgan fingerprint density at radius 2 is 2.13 bits per heavy atom. The molecule has 0 radical (unpaired) electrons. The molecule has 0 aromatic heterocycles. The highest BCUT2D eigenvalue weighted by atomic mass is 79.9. The van der Waals surface area contributed by atoms with Crippen molar-refractivity contribution in [3.05, 3.63) is 22.2 Å². The number of carboxylic acids is 1. The average molecular weight is 275 g/mol. The van der Waals surface area contributed by atoms with Crippen LogP contribution in [0.4, 0.5) is 0 Å². The van der Waals surface area contributed by atoms with E-state index in [4.69, 9.17) is 9.84 Å². The van der Waals surface area contributed by atoms with Crippen LogP contribution in [-0.4, -0.2) is 23.3 Å². The number of aromatic hydroxyl groups is 1. The molecule has 0 aliphatic carbocycles. The summed E-state index contributed by atoms with van der Waals surface area (Å²) in [6, 6.07) is 2.94. The average Bonchev–Trinajstić information content (AvgIpc) is 2.17. The Labute approximate surface area is 95.6 Å². The smallest absolute Gasteiger partial charge is 0.310 e. The topological polar surface area (TPSA) is 66.8 Å². The molecule has 1 unspecified atom stereocenters. The lowest BCUT2D eigenvalue weighted by Crippen LogP contribution is -2.08. The summed E-state index contributed by atoms with van der Waals surface area (Å²) in [5.41, 5.74) is 0.567. The molecule has 0 spiro atoms. The summed E-state index contributed by atoms with van der Waals surface area (Å²) < 4.78 is 5.46. The molecule has 1 atom stereocenters. The molecule has 0 bridgehead atoms. The number of hydrogen-bond acceptors (Lipinski definition) is 3. The first-order valence-electron chi connectivity index (χ1n) is 4.26. The lowest BCUT2D eigenvalue weighted by molar-refractivity contribution is -0.138. The highest BCUT2D eigenvalue weighted by Crippen LogP contribution is 2.35. The van der Waals surface area contributed by atoms with Crippen molar-refractivity contribution < 1.29 is 19.7 Å². The molecule has 1 rings (SSSR count). The van der Waals surface area contributed by atoms with Crippen LogP contribution in [0.3, 0.4) is 0 Å². The van der Waals surface area contributed by atoms with Crippen molar-refractivity contribution in [2.75, 3.05) is 7.11 Å². The van der Waals surface area contributed by atoms with E-state index in [2.05, 4.69) is 15.9 Å². The van der Waals surface area contributed by atoms with Crippen molar-refractivity contribution in [3.63, 3.8) is 0 Å². The van der Waals surface area contributed by atoms with Gasteiger partial charge in [-0.05, 0) is 24.6 Å². The molecule has 82 valence electrons. The van der Waals surface area contributed by atoms with E-state index in [1.807, 2.05) is 0 Å². The van der Waals surface area contributed by atoms with Crippen molar-refractivity contribution in [2.24, 2.45) is 0 Å². The van der Waals surface area contributed by atoms with Crippen LogP contribution in [0, 0.1) is 0 Å². The van der Waals surface area contributed by atoms with Gasteiger partial charge in [0.25, 0.3) is 0 Å². The van der Waals surface area contributed by atoms with E-state index in [1.165, 1.54) is 19.2 Å². The Morgan fingerprint density at radius 3 is 2.60 bits per heavy atom. The van der Waals surface area contributed by atoms with Crippen LogP contribution in [0.15, 0.2) is 16.6 Å². The largest absolute Gasteiger partial charge is 0.504 e. The van der Waals surface area contributed by atoms with Crippen LogP contribution in [-0.2, 0) is 4.79 Å². The van der Waals surface area contributed by atoms with Gasteiger partial charge in [0.05, 0.1) is 13.0 Å². The van der Waals surface area contributed by atoms with E-state index in [1.54, 1.807) is 6.92 Å². The molecule has 15 heavy (non-hydrogen) atoms. The van der Waals surface area contributed by atoms with Gasteiger partial charge in [-0.3, -0.25) is 4.79 Å². The van der Waals surface area contributed by atoms with Crippen LogP contribution >= 0.6 is 15.9 Å². The SMILES string of the molecule is COc1cc(C(C)C(=O)O)c(Br)cc1O. The number of benzene rings is 1. The van der Waals surface area contributed by atoms with E-state index in [9.17, 15) is 9.90 Å². The van der Waals surface area contributed by atoms with Crippen LogP contribution < -0.4 is 4.74 Å². The molecule has 1 aromatic carbocycles. The molecular weight excluding hydrogens is 264 g/mol. The standard InChI is InChI=1S/C10H11BrO4/c1-5(10(13)14)6-3-9(15-2)8(12)4-7(6)11/h3-5,12H,1-2H3,(H,13,14). The van der Waals surface area contributed by atoms with Gasteiger partial charge in [-0.1, -0.05) is 15.9 Å². The lowest BCUT2D eigenvalue weighted by Gasteiger charge is -2.12. The van der Waals surface area contributed by atoms with Gasteiger partial charge in [0.15, 0.2) is 11.5 Å². The molecule has 4 nitrogen and oxygen atoms in total. The first-order valence-corrected chi connectivity index (χ1v) is 5.06. The number of ether oxygens (including phenoxy) is 1. The molecule has 0 saturated heterocycles. The summed E-state index contributed by atoms with van der Waals surface area (Å²) in [6.45, 7) is 1.57. The third kappa shape index (κ3) is 2.41. The van der Waals surface area contributed by atoms with Crippen molar-refractivity contribution in [1.29, 1.82) is 0 Å². The quantitative estimate of drug-likeness (QED) is 0.888. The number of phenols is 1. The molecule has 0 aliphatic heterocycles. The van der Waals surface area contributed by atoms with E-state index < -0.39 is 11.9 Å². The Bertz CT molecular complexity index is 389. The summed E-state index contributed by atoms with van der Waals surface area (Å²) in [5.74, 6) is -1.34. The molecule has 5 heteroatoms. The number of methoxy groups -OCH3 is 1. The molecule has 0 aliphatic rings. The van der Waals surface area contributed by atoms with E-state index in [0.717, 1.165) is 0 Å². The Hall–Kier alpha value is -1.23. The zero-order chi connectivity index (χ0) is 11.6. The monoisotopic (exact) mass is 274 g/mol. The van der Waals surface area contributed by atoms with E-state index >= 15 is 0 Å². The predicted octanol–water partition coefficient (Wildman–Crippen LogP) is 2.35. The van der Waals surface area contributed by atoms with Crippen molar-refractivity contribution in [2.45, 2.75) is 12.8 Å². The summed E-state index contributed by atoms with van der Waals surface area (Å²) in [5, 5.41) is 18.3. The van der Waals surface area contributed by atoms with E-state index in [0.29, 0.717) is 10.0 Å². The second kappa shape index (κ2) is 4.53. The minimum Gasteiger partial charge on any atom is -0.504 e. The number of carbonyl (C=O) groups is 1. The van der Waals surface area contributed by atoms with Crippen LogP contribution in [0.25, 0.3) is 0 Å². The van der Waals surface area contributed by atoms with Gasteiger partial charge >= 0.3 is 5.97 Å². The number of rotatable bonds is 3. The summed E-state index contributed by atoms with van der Waals surface area (Å²) in [7, 11) is 1.41. The highest BCUT2D eigenvalue weighted by molar-refractivity contribution is 9.10. The molecule has 0 heterocycles. The first kappa shape index (κ1) is 11.8. The maximum absolute atomic E-state index is 10.8. The fraction of sp³-hybridized carbons (Fsp3) is 0.300.